The van der Waals surface area contributed by atoms with Crippen molar-refractivity contribution in [1.82, 2.24) is 15.6 Å². The lowest BCUT2D eigenvalue weighted by Crippen LogP contribution is -2.41. The number of aryl methyl sites for hydroxylation is 1. The molecule has 2 aliphatic rings. The van der Waals surface area contributed by atoms with Crippen LogP contribution in [-0.4, -0.2) is 23.3 Å². The van der Waals surface area contributed by atoms with Gasteiger partial charge in [0.25, 0.3) is 0 Å². The first-order chi connectivity index (χ1) is 14.7. The van der Waals surface area contributed by atoms with E-state index in [1.807, 2.05) is 55.6 Å². The number of hydrogen-bond donors (Lipinski definition) is 3. The molecule has 0 spiro atoms. The fourth-order valence-electron chi connectivity index (χ4n) is 4.17. The molecule has 30 heavy (non-hydrogen) atoms. The van der Waals surface area contributed by atoms with Gasteiger partial charge in [0.05, 0.1) is 18.3 Å². The van der Waals surface area contributed by atoms with E-state index in [2.05, 4.69) is 33.1 Å². The van der Waals surface area contributed by atoms with Gasteiger partial charge in [-0.1, -0.05) is 30.3 Å². The van der Waals surface area contributed by atoms with Crippen LogP contribution in [0.15, 0.2) is 65.8 Å². The third kappa shape index (κ3) is 3.57. The standard InChI is InChI=1S/C24H23N5O/c1-15-10-16(8-9-26-15)23-21-7-6-19(11-18(21)13-27-23)28-24(30)29-22-14-25-12-17-4-2-3-5-20(17)22/h2-11,22,25H,12-14H2,1H3,(H2,28,29,30). The third-order valence-electron chi connectivity index (χ3n) is 5.60. The Morgan fingerprint density at radius 1 is 1.10 bits per heavy atom. The van der Waals surface area contributed by atoms with Crippen LogP contribution in [0.4, 0.5) is 10.5 Å². The maximum Gasteiger partial charge on any atom is 0.319 e. The Hall–Kier alpha value is -3.51. The predicted molar refractivity (Wildman–Crippen MR) is 118 cm³/mol. The van der Waals surface area contributed by atoms with Crippen molar-refractivity contribution in [3.05, 3.63) is 94.3 Å². The lowest BCUT2D eigenvalue weighted by atomic mass is 9.97. The molecule has 3 N–H and O–H groups in total. The van der Waals surface area contributed by atoms with Crippen molar-refractivity contribution >= 4 is 17.4 Å². The Labute approximate surface area is 175 Å². The second-order valence-corrected chi connectivity index (χ2v) is 7.70. The Kier molecular flexibility index (Phi) is 4.77. The van der Waals surface area contributed by atoms with E-state index < -0.39 is 0 Å². The summed E-state index contributed by atoms with van der Waals surface area (Å²) in [7, 11) is 0. The molecule has 3 aromatic rings. The van der Waals surface area contributed by atoms with Crippen molar-refractivity contribution in [3.63, 3.8) is 0 Å². The van der Waals surface area contributed by atoms with E-state index in [4.69, 9.17) is 4.99 Å². The van der Waals surface area contributed by atoms with E-state index in [1.54, 1.807) is 0 Å². The largest absolute Gasteiger partial charge is 0.330 e. The van der Waals surface area contributed by atoms with Gasteiger partial charge in [0.1, 0.15) is 0 Å². The molecule has 6 nitrogen and oxygen atoms in total. The van der Waals surface area contributed by atoms with Crippen molar-refractivity contribution in [2.45, 2.75) is 26.1 Å². The number of nitrogens with zero attached hydrogens (tertiary/aromatic N) is 2. The highest BCUT2D eigenvalue weighted by molar-refractivity contribution is 6.15. The van der Waals surface area contributed by atoms with Crippen LogP contribution in [0.2, 0.25) is 0 Å². The normalized spacial score (nSPS) is 17.0. The van der Waals surface area contributed by atoms with Crippen molar-refractivity contribution in [1.29, 1.82) is 0 Å². The quantitative estimate of drug-likeness (QED) is 0.630. The number of fused-ring (bicyclic) bond motifs is 2. The fraction of sp³-hybridized carbons (Fsp3) is 0.208. The zero-order valence-corrected chi connectivity index (χ0v) is 16.8. The molecule has 2 amide bonds. The molecular formula is C24H23N5O. The molecule has 0 aliphatic carbocycles. The first-order valence-electron chi connectivity index (χ1n) is 10.1. The van der Waals surface area contributed by atoms with E-state index in [0.717, 1.165) is 46.9 Å². The van der Waals surface area contributed by atoms with Crippen LogP contribution in [-0.2, 0) is 13.1 Å². The number of urea groups is 1. The summed E-state index contributed by atoms with van der Waals surface area (Å²) in [5.41, 5.74) is 8.41. The van der Waals surface area contributed by atoms with Gasteiger partial charge in [-0.05, 0) is 47.9 Å². The van der Waals surface area contributed by atoms with Crippen LogP contribution in [0.3, 0.4) is 0 Å². The zero-order valence-electron chi connectivity index (χ0n) is 16.8. The number of rotatable bonds is 3. The van der Waals surface area contributed by atoms with Crippen LogP contribution >= 0.6 is 0 Å². The van der Waals surface area contributed by atoms with Gasteiger partial charge in [0.2, 0.25) is 0 Å². The van der Waals surface area contributed by atoms with Gasteiger partial charge in [-0.15, -0.1) is 0 Å². The monoisotopic (exact) mass is 397 g/mol. The Balaban J connectivity index is 1.29. The number of hydrogen-bond acceptors (Lipinski definition) is 4. The minimum absolute atomic E-state index is 0.0470. The number of anilines is 1. The predicted octanol–water partition coefficient (Wildman–Crippen LogP) is 3.71. The molecule has 0 radical (unpaired) electrons. The van der Waals surface area contributed by atoms with Crippen molar-refractivity contribution in [2.75, 3.05) is 11.9 Å². The average Bonchev–Trinajstić information content (AvgIpc) is 3.17. The molecular weight excluding hydrogens is 374 g/mol. The summed E-state index contributed by atoms with van der Waals surface area (Å²) in [4.78, 5) is 21.6. The van der Waals surface area contributed by atoms with Crippen molar-refractivity contribution in [2.24, 2.45) is 4.99 Å². The van der Waals surface area contributed by atoms with Crippen LogP contribution in [0.1, 0.15) is 39.6 Å². The van der Waals surface area contributed by atoms with E-state index in [-0.39, 0.29) is 12.1 Å². The minimum atomic E-state index is -0.206. The maximum atomic E-state index is 12.6. The first-order valence-corrected chi connectivity index (χ1v) is 10.1. The maximum absolute atomic E-state index is 12.6. The highest BCUT2D eigenvalue weighted by Gasteiger charge is 2.22. The smallest absolute Gasteiger partial charge is 0.319 e. The van der Waals surface area contributed by atoms with Crippen molar-refractivity contribution in [3.8, 4) is 0 Å². The molecule has 0 saturated heterocycles. The average molecular weight is 397 g/mol. The minimum Gasteiger partial charge on any atom is -0.330 e. The van der Waals surface area contributed by atoms with Gasteiger partial charge >= 0.3 is 6.03 Å². The number of aliphatic imine (C=N–C) groups is 1. The van der Waals surface area contributed by atoms with E-state index in [0.29, 0.717) is 6.54 Å². The summed E-state index contributed by atoms with van der Waals surface area (Å²) < 4.78 is 0. The lowest BCUT2D eigenvalue weighted by Gasteiger charge is -2.27. The molecule has 1 unspecified atom stereocenters. The third-order valence-corrected chi connectivity index (χ3v) is 5.60. The number of carbonyl (C=O) groups is 1. The zero-order chi connectivity index (χ0) is 20.5. The van der Waals surface area contributed by atoms with Gasteiger partial charge in [-0.3, -0.25) is 9.98 Å². The molecule has 1 aromatic heterocycles. The van der Waals surface area contributed by atoms with Crippen molar-refractivity contribution < 1.29 is 4.79 Å². The Bertz CT molecular complexity index is 1150. The highest BCUT2D eigenvalue weighted by atomic mass is 16.2. The lowest BCUT2D eigenvalue weighted by molar-refractivity contribution is 0.247. The van der Waals surface area contributed by atoms with Crippen LogP contribution in [0, 0.1) is 6.92 Å². The molecule has 0 fully saturated rings. The van der Waals surface area contributed by atoms with Gasteiger partial charge in [-0.25, -0.2) is 4.79 Å². The number of nitrogens with one attached hydrogen (secondary N) is 3. The molecule has 0 bridgehead atoms. The second kappa shape index (κ2) is 7.72. The molecule has 1 atom stereocenters. The SMILES string of the molecule is Cc1cc(C2=NCc3cc(NC(=O)NC4CNCc5ccccc54)ccc32)ccn1. The van der Waals surface area contributed by atoms with E-state index in [1.165, 1.54) is 11.1 Å². The summed E-state index contributed by atoms with van der Waals surface area (Å²) in [5, 5.41) is 9.42. The number of benzene rings is 2. The topological polar surface area (TPSA) is 78.4 Å². The molecule has 150 valence electrons. The molecule has 2 aliphatic heterocycles. The molecule has 2 aromatic carbocycles. The van der Waals surface area contributed by atoms with E-state index in [9.17, 15) is 4.79 Å². The molecule has 3 heterocycles. The van der Waals surface area contributed by atoms with Gasteiger partial charge in [-0.2, -0.15) is 0 Å². The second-order valence-electron chi connectivity index (χ2n) is 7.70. The fourth-order valence-corrected chi connectivity index (χ4v) is 4.17. The molecule has 0 saturated carbocycles. The highest BCUT2D eigenvalue weighted by Crippen LogP contribution is 2.26. The van der Waals surface area contributed by atoms with Gasteiger partial charge < -0.3 is 16.0 Å². The summed E-state index contributed by atoms with van der Waals surface area (Å²) in [6.07, 6.45) is 1.81. The Morgan fingerprint density at radius 3 is 2.90 bits per heavy atom. The van der Waals surface area contributed by atoms with Crippen LogP contribution in [0.5, 0.6) is 0 Å². The summed E-state index contributed by atoms with van der Waals surface area (Å²) in [6.45, 7) is 4.15. The molecule has 6 heteroatoms. The summed E-state index contributed by atoms with van der Waals surface area (Å²) in [6, 6.07) is 18.0. The number of pyridine rings is 1. The van der Waals surface area contributed by atoms with E-state index >= 15 is 0 Å². The first kappa shape index (κ1) is 18.5. The number of amides is 2. The summed E-state index contributed by atoms with van der Waals surface area (Å²) in [5.74, 6) is 0. The molecule has 5 rings (SSSR count). The summed E-state index contributed by atoms with van der Waals surface area (Å²) >= 11 is 0. The number of aromatic nitrogens is 1. The number of carbonyl (C=O) groups excluding carboxylic acids is 1. The van der Waals surface area contributed by atoms with Crippen LogP contribution in [0.25, 0.3) is 0 Å². The Morgan fingerprint density at radius 2 is 2.00 bits per heavy atom. The van der Waals surface area contributed by atoms with Gasteiger partial charge in [0.15, 0.2) is 0 Å². The van der Waals surface area contributed by atoms with Crippen LogP contribution < -0.4 is 16.0 Å². The van der Waals surface area contributed by atoms with Gasteiger partial charge in [0, 0.05) is 41.8 Å².